The van der Waals surface area contributed by atoms with Crippen molar-refractivity contribution in [2.75, 3.05) is 24.5 Å². The minimum absolute atomic E-state index is 0.587. The molecule has 1 aromatic heterocycles. The third-order valence-electron chi connectivity index (χ3n) is 4.60. The van der Waals surface area contributed by atoms with E-state index in [2.05, 4.69) is 63.1 Å². The van der Waals surface area contributed by atoms with Crippen molar-refractivity contribution in [3.05, 3.63) is 53.5 Å². The molecular formula is C19H26N4. The molecule has 4 heteroatoms. The molecule has 1 atom stereocenters. The van der Waals surface area contributed by atoms with Crippen LogP contribution in [0.3, 0.4) is 0 Å². The Labute approximate surface area is 139 Å². The number of hydrogen-bond acceptors (Lipinski definition) is 4. The molecule has 1 fully saturated rings. The summed E-state index contributed by atoms with van der Waals surface area (Å²) < 4.78 is 0. The van der Waals surface area contributed by atoms with Crippen molar-refractivity contribution in [2.45, 2.75) is 39.8 Å². The van der Waals surface area contributed by atoms with Crippen LogP contribution >= 0.6 is 0 Å². The lowest BCUT2D eigenvalue weighted by atomic mass is 10.1. The summed E-state index contributed by atoms with van der Waals surface area (Å²) in [5.74, 6) is 1.93. The first-order valence-electron chi connectivity index (χ1n) is 8.47. The zero-order valence-electron chi connectivity index (χ0n) is 14.4. The van der Waals surface area contributed by atoms with E-state index < -0.39 is 0 Å². The molecule has 2 heterocycles. The number of anilines is 1. The van der Waals surface area contributed by atoms with E-state index in [9.17, 15) is 0 Å². The average Bonchev–Trinajstić information content (AvgIpc) is 2.70. The minimum Gasteiger partial charge on any atom is -0.355 e. The van der Waals surface area contributed by atoms with Gasteiger partial charge in [0.15, 0.2) is 0 Å². The van der Waals surface area contributed by atoms with Crippen LogP contribution in [0.15, 0.2) is 36.4 Å². The first-order valence-corrected chi connectivity index (χ1v) is 8.47. The molecule has 4 nitrogen and oxygen atoms in total. The van der Waals surface area contributed by atoms with E-state index in [-0.39, 0.29) is 0 Å². The molecule has 23 heavy (non-hydrogen) atoms. The molecule has 1 aliphatic heterocycles. The van der Waals surface area contributed by atoms with Gasteiger partial charge in [0.2, 0.25) is 0 Å². The van der Waals surface area contributed by atoms with Crippen LogP contribution in [0.2, 0.25) is 0 Å². The molecule has 0 amide bonds. The van der Waals surface area contributed by atoms with Gasteiger partial charge < -0.3 is 4.90 Å². The lowest BCUT2D eigenvalue weighted by molar-refractivity contribution is 0.212. The molecule has 1 unspecified atom stereocenters. The van der Waals surface area contributed by atoms with Gasteiger partial charge in [0.25, 0.3) is 0 Å². The van der Waals surface area contributed by atoms with Crippen molar-refractivity contribution >= 4 is 5.82 Å². The number of benzene rings is 1. The van der Waals surface area contributed by atoms with Crippen LogP contribution in [0.25, 0.3) is 0 Å². The van der Waals surface area contributed by atoms with Crippen molar-refractivity contribution in [2.24, 2.45) is 0 Å². The summed E-state index contributed by atoms with van der Waals surface area (Å²) in [6.45, 7) is 10.5. The smallest absolute Gasteiger partial charge is 0.132 e. The van der Waals surface area contributed by atoms with Gasteiger partial charge in [0, 0.05) is 44.0 Å². The second kappa shape index (κ2) is 7.09. The molecule has 3 rings (SSSR count). The summed E-state index contributed by atoms with van der Waals surface area (Å²) in [5.41, 5.74) is 2.44. The lowest BCUT2D eigenvalue weighted by Crippen LogP contribution is -2.34. The van der Waals surface area contributed by atoms with E-state index in [1.807, 2.05) is 13.8 Å². The van der Waals surface area contributed by atoms with Crippen LogP contribution in [0.1, 0.15) is 30.4 Å². The van der Waals surface area contributed by atoms with Gasteiger partial charge >= 0.3 is 0 Å². The molecule has 2 aromatic rings. The zero-order chi connectivity index (χ0) is 16.2. The molecule has 0 bridgehead atoms. The van der Waals surface area contributed by atoms with E-state index in [0.717, 1.165) is 49.9 Å². The summed E-state index contributed by atoms with van der Waals surface area (Å²) >= 11 is 0. The topological polar surface area (TPSA) is 32.3 Å². The normalized spacial score (nSPS) is 19.6. The number of rotatable bonds is 3. The summed E-state index contributed by atoms with van der Waals surface area (Å²) in [4.78, 5) is 14.0. The third kappa shape index (κ3) is 4.08. The Morgan fingerprint density at radius 1 is 1.04 bits per heavy atom. The Morgan fingerprint density at radius 2 is 1.83 bits per heavy atom. The number of nitrogens with zero attached hydrogens (tertiary/aromatic N) is 4. The van der Waals surface area contributed by atoms with Gasteiger partial charge in [-0.2, -0.15) is 0 Å². The molecular weight excluding hydrogens is 284 g/mol. The number of hydrogen-bond donors (Lipinski definition) is 0. The molecule has 0 radical (unpaired) electrons. The lowest BCUT2D eigenvalue weighted by Gasteiger charge is -2.26. The highest BCUT2D eigenvalue weighted by Gasteiger charge is 2.22. The van der Waals surface area contributed by atoms with Gasteiger partial charge in [-0.1, -0.05) is 30.3 Å². The number of aromatic nitrogens is 2. The van der Waals surface area contributed by atoms with Crippen LogP contribution in [-0.2, 0) is 6.54 Å². The third-order valence-corrected chi connectivity index (χ3v) is 4.60. The van der Waals surface area contributed by atoms with Crippen molar-refractivity contribution in [3.63, 3.8) is 0 Å². The molecule has 1 aliphatic rings. The van der Waals surface area contributed by atoms with Crippen molar-refractivity contribution in [3.8, 4) is 0 Å². The zero-order valence-corrected chi connectivity index (χ0v) is 14.4. The summed E-state index contributed by atoms with van der Waals surface area (Å²) in [6.07, 6.45) is 1.16. The molecule has 1 aromatic carbocycles. The Balaban J connectivity index is 1.70. The molecule has 0 aliphatic carbocycles. The second-order valence-electron chi connectivity index (χ2n) is 6.50. The van der Waals surface area contributed by atoms with E-state index in [1.165, 1.54) is 5.56 Å². The predicted octanol–water partition coefficient (Wildman–Crippen LogP) is 3.19. The van der Waals surface area contributed by atoms with Crippen LogP contribution < -0.4 is 4.90 Å². The van der Waals surface area contributed by atoms with Crippen molar-refractivity contribution in [1.29, 1.82) is 0 Å². The standard InChI is InChI=1S/C19H26N4/c1-15-13-19(21-17(3)20-15)22-10-9-16(2)23(12-11-22)14-18-7-5-4-6-8-18/h4-8,13,16H,9-12,14H2,1-3H3. The van der Waals surface area contributed by atoms with Gasteiger partial charge in [0.05, 0.1) is 0 Å². The van der Waals surface area contributed by atoms with Crippen molar-refractivity contribution < 1.29 is 0 Å². The maximum absolute atomic E-state index is 4.63. The first-order chi connectivity index (χ1) is 11.1. The monoisotopic (exact) mass is 310 g/mol. The SMILES string of the molecule is Cc1cc(N2CCC(C)N(Cc3ccccc3)CC2)nc(C)n1. The maximum Gasteiger partial charge on any atom is 0.132 e. The largest absolute Gasteiger partial charge is 0.355 e. The summed E-state index contributed by atoms with van der Waals surface area (Å²) in [7, 11) is 0. The average molecular weight is 310 g/mol. The van der Waals surface area contributed by atoms with Crippen LogP contribution in [-0.4, -0.2) is 40.5 Å². The maximum atomic E-state index is 4.63. The Hall–Kier alpha value is -1.94. The fourth-order valence-electron chi connectivity index (χ4n) is 3.25. The quantitative estimate of drug-likeness (QED) is 0.871. The van der Waals surface area contributed by atoms with E-state index >= 15 is 0 Å². The van der Waals surface area contributed by atoms with Gasteiger partial charge in [-0.05, 0) is 32.8 Å². The van der Waals surface area contributed by atoms with Gasteiger partial charge in [0.1, 0.15) is 11.6 Å². The highest BCUT2D eigenvalue weighted by molar-refractivity contribution is 5.40. The minimum atomic E-state index is 0.587. The number of aryl methyl sites for hydroxylation is 2. The Bertz CT molecular complexity index is 621. The van der Waals surface area contributed by atoms with E-state index in [4.69, 9.17) is 0 Å². The van der Waals surface area contributed by atoms with Gasteiger partial charge in [-0.25, -0.2) is 9.97 Å². The van der Waals surface area contributed by atoms with Gasteiger partial charge in [-0.15, -0.1) is 0 Å². The molecule has 0 saturated carbocycles. The second-order valence-corrected chi connectivity index (χ2v) is 6.50. The van der Waals surface area contributed by atoms with Crippen LogP contribution in [0.5, 0.6) is 0 Å². The molecule has 0 N–H and O–H groups in total. The first kappa shape index (κ1) is 15.9. The Morgan fingerprint density at radius 3 is 2.57 bits per heavy atom. The van der Waals surface area contributed by atoms with Crippen LogP contribution in [0, 0.1) is 13.8 Å². The highest BCUT2D eigenvalue weighted by Crippen LogP contribution is 2.19. The molecule has 1 saturated heterocycles. The Kier molecular flexibility index (Phi) is 4.91. The van der Waals surface area contributed by atoms with Crippen molar-refractivity contribution in [1.82, 2.24) is 14.9 Å². The molecule has 122 valence electrons. The summed E-state index contributed by atoms with van der Waals surface area (Å²) in [6, 6.07) is 13.4. The molecule has 0 spiro atoms. The van der Waals surface area contributed by atoms with Crippen LogP contribution in [0.4, 0.5) is 5.82 Å². The predicted molar refractivity (Wildman–Crippen MR) is 94.7 cm³/mol. The van der Waals surface area contributed by atoms with E-state index in [1.54, 1.807) is 0 Å². The fourth-order valence-corrected chi connectivity index (χ4v) is 3.25. The highest BCUT2D eigenvalue weighted by atomic mass is 15.3. The van der Waals surface area contributed by atoms with Gasteiger partial charge in [-0.3, -0.25) is 4.90 Å². The van der Waals surface area contributed by atoms with E-state index in [0.29, 0.717) is 6.04 Å². The summed E-state index contributed by atoms with van der Waals surface area (Å²) in [5, 5.41) is 0. The fraction of sp³-hybridized carbons (Fsp3) is 0.474.